The maximum Gasteiger partial charge on any atom is 0.266 e. The number of hydrogen-bond acceptors (Lipinski definition) is 6. The SMILES string of the molecule is CCN(C(=O)CSc1nc2ccccc2c(=O)n1-c1cccc(C)c1)[C@@H]1CCS(=O)(=O)C1. The predicted octanol–water partition coefficient (Wildman–Crippen LogP) is 2.82. The van der Waals surface area contributed by atoms with E-state index < -0.39 is 9.84 Å². The minimum Gasteiger partial charge on any atom is -0.338 e. The molecular formula is C23H25N3O4S2. The summed E-state index contributed by atoms with van der Waals surface area (Å²) in [5.41, 5.74) is 2.09. The number of sulfone groups is 1. The van der Waals surface area contributed by atoms with Crippen LogP contribution in [0.4, 0.5) is 0 Å². The van der Waals surface area contributed by atoms with Crippen molar-refractivity contribution in [1.29, 1.82) is 0 Å². The highest BCUT2D eigenvalue weighted by Crippen LogP contribution is 2.24. The fourth-order valence-electron chi connectivity index (χ4n) is 4.07. The van der Waals surface area contributed by atoms with E-state index in [1.165, 1.54) is 11.8 Å². The second kappa shape index (κ2) is 9.07. The van der Waals surface area contributed by atoms with Crippen LogP contribution in [0.3, 0.4) is 0 Å². The van der Waals surface area contributed by atoms with E-state index in [0.717, 1.165) is 5.56 Å². The summed E-state index contributed by atoms with van der Waals surface area (Å²) >= 11 is 1.20. The van der Waals surface area contributed by atoms with Crippen LogP contribution in [0.25, 0.3) is 16.6 Å². The fraction of sp³-hybridized carbons (Fsp3) is 0.348. The Balaban J connectivity index is 1.67. The number of thioether (sulfide) groups is 1. The lowest BCUT2D eigenvalue weighted by Gasteiger charge is -2.26. The number of carbonyl (C=O) groups is 1. The number of carbonyl (C=O) groups excluding carboxylic acids is 1. The van der Waals surface area contributed by atoms with Gasteiger partial charge in [-0.3, -0.25) is 14.2 Å². The Morgan fingerprint density at radius 3 is 2.69 bits per heavy atom. The van der Waals surface area contributed by atoms with Crippen LogP contribution in [0.2, 0.25) is 0 Å². The Labute approximate surface area is 191 Å². The molecule has 1 fully saturated rings. The van der Waals surface area contributed by atoms with Crippen LogP contribution in [-0.4, -0.2) is 58.6 Å². The lowest BCUT2D eigenvalue weighted by Crippen LogP contribution is -2.42. The molecule has 168 valence electrons. The van der Waals surface area contributed by atoms with E-state index in [4.69, 9.17) is 0 Å². The highest BCUT2D eigenvalue weighted by atomic mass is 32.2. The van der Waals surface area contributed by atoms with Crippen molar-refractivity contribution in [2.45, 2.75) is 31.5 Å². The number of aryl methyl sites for hydroxylation is 1. The van der Waals surface area contributed by atoms with Crippen molar-refractivity contribution in [1.82, 2.24) is 14.5 Å². The topological polar surface area (TPSA) is 89.3 Å². The molecule has 0 spiro atoms. The Bertz CT molecular complexity index is 1330. The fourth-order valence-corrected chi connectivity index (χ4v) is 6.70. The molecule has 32 heavy (non-hydrogen) atoms. The number of aromatic nitrogens is 2. The second-order valence-electron chi connectivity index (χ2n) is 7.92. The number of fused-ring (bicyclic) bond motifs is 1. The summed E-state index contributed by atoms with van der Waals surface area (Å²) < 4.78 is 25.3. The van der Waals surface area contributed by atoms with E-state index in [1.807, 2.05) is 44.2 Å². The Morgan fingerprint density at radius 2 is 2.00 bits per heavy atom. The van der Waals surface area contributed by atoms with Crippen molar-refractivity contribution < 1.29 is 13.2 Å². The van der Waals surface area contributed by atoms with E-state index >= 15 is 0 Å². The maximum absolute atomic E-state index is 13.3. The van der Waals surface area contributed by atoms with Gasteiger partial charge in [0.25, 0.3) is 5.56 Å². The van der Waals surface area contributed by atoms with Crippen LogP contribution in [-0.2, 0) is 14.6 Å². The molecule has 7 nitrogen and oxygen atoms in total. The predicted molar refractivity (Wildman–Crippen MR) is 127 cm³/mol. The van der Waals surface area contributed by atoms with Gasteiger partial charge in [0.2, 0.25) is 5.91 Å². The lowest BCUT2D eigenvalue weighted by molar-refractivity contribution is -0.129. The summed E-state index contributed by atoms with van der Waals surface area (Å²) in [4.78, 5) is 32.6. The van der Waals surface area contributed by atoms with Gasteiger partial charge in [-0.25, -0.2) is 13.4 Å². The first-order valence-electron chi connectivity index (χ1n) is 10.5. The van der Waals surface area contributed by atoms with Gasteiger partial charge in [0, 0.05) is 12.6 Å². The molecule has 1 saturated heterocycles. The van der Waals surface area contributed by atoms with Gasteiger partial charge in [-0.2, -0.15) is 0 Å². The normalized spacial score (nSPS) is 17.5. The van der Waals surface area contributed by atoms with Crippen LogP contribution in [0, 0.1) is 6.92 Å². The molecule has 0 aliphatic carbocycles. The molecule has 1 aliphatic rings. The molecule has 4 rings (SSSR count). The molecule has 1 aliphatic heterocycles. The molecule has 1 aromatic heterocycles. The van der Waals surface area contributed by atoms with Crippen LogP contribution in [0.1, 0.15) is 18.9 Å². The summed E-state index contributed by atoms with van der Waals surface area (Å²) in [5.74, 6) is 0.0477. The zero-order valence-electron chi connectivity index (χ0n) is 18.0. The third-order valence-corrected chi connectivity index (χ3v) is 8.31. The number of para-hydroxylation sites is 1. The standard InChI is InChI=1S/C23H25N3O4S2/c1-3-25(18-11-12-32(29,30)15-18)21(27)14-31-23-24-20-10-5-4-9-19(20)22(28)26(23)17-8-6-7-16(2)13-17/h4-10,13,18H,3,11-12,14-15H2,1-2H3/t18-/m1/s1. The summed E-state index contributed by atoms with van der Waals surface area (Å²) in [6.07, 6.45) is 0.467. The van der Waals surface area contributed by atoms with E-state index in [9.17, 15) is 18.0 Å². The van der Waals surface area contributed by atoms with Crippen molar-refractivity contribution in [3.63, 3.8) is 0 Å². The largest absolute Gasteiger partial charge is 0.338 e. The zero-order valence-corrected chi connectivity index (χ0v) is 19.7. The Morgan fingerprint density at radius 1 is 1.22 bits per heavy atom. The van der Waals surface area contributed by atoms with E-state index in [2.05, 4.69) is 4.98 Å². The molecule has 0 bridgehead atoms. The average molecular weight is 472 g/mol. The van der Waals surface area contributed by atoms with Crippen molar-refractivity contribution >= 4 is 38.4 Å². The number of benzene rings is 2. The van der Waals surface area contributed by atoms with Gasteiger partial charge >= 0.3 is 0 Å². The van der Waals surface area contributed by atoms with Crippen LogP contribution >= 0.6 is 11.8 Å². The van der Waals surface area contributed by atoms with Gasteiger partial charge in [-0.05, 0) is 50.1 Å². The summed E-state index contributed by atoms with van der Waals surface area (Å²) in [6, 6.07) is 14.5. The van der Waals surface area contributed by atoms with Crippen molar-refractivity contribution in [2.24, 2.45) is 0 Å². The number of nitrogens with zero attached hydrogens (tertiary/aromatic N) is 3. The van der Waals surface area contributed by atoms with Crippen molar-refractivity contribution in [3.05, 3.63) is 64.4 Å². The van der Waals surface area contributed by atoms with Gasteiger partial charge < -0.3 is 4.90 Å². The first-order chi connectivity index (χ1) is 15.3. The quantitative estimate of drug-likeness (QED) is 0.406. The van der Waals surface area contributed by atoms with Crippen LogP contribution in [0.5, 0.6) is 0 Å². The summed E-state index contributed by atoms with van der Waals surface area (Å²) in [6.45, 7) is 4.24. The number of hydrogen-bond donors (Lipinski definition) is 0. The second-order valence-corrected chi connectivity index (χ2v) is 11.1. The van der Waals surface area contributed by atoms with Gasteiger partial charge in [0.05, 0.1) is 33.8 Å². The number of rotatable bonds is 6. The maximum atomic E-state index is 13.3. The molecule has 0 N–H and O–H groups in total. The van der Waals surface area contributed by atoms with E-state index in [-0.39, 0.29) is 34.8 Å². The molecule has 2 heterocycles. The molecule has 9 heteroatoms. The van der Waals surface area contributed by atoms with Gasteiger partial charge in [0.15, 0.2) is 15.0 Å². The highest BCUT2D eigenvalue weighted by Gasteiger charge is 2.34. The van der Waals surface area contributed by atoms with Gasteiger partial charge in [-0.1, -0.05) is 36.0 Å². The Hall–Kier alpha value is -2.65. The van der Waals surface area contributed by atoms with Crippen molar-refractivity contribution in [3.8, 4) is 5.69 Å². The number of amides is 1. The minimum atomic E-state index is -3.09. The molecule has 1 amide bonds. The van der Waals surface area contributed by atoms with Crippen molar-refractivity contribution in [2.75, 3.05) is 23.8 Å². The Kier molecular flexibility index (Phi) is 6.39. The van der Waals surface area contributed by atoms with Crippen LogP contribution in [0.15, 0.2) is 58.5 Å². The first-order valence-corrected chi connectivity index (χ1v) is 13.3. The molecule has 0 unspecified atom stereocenters. The molecular weight excluding hydrogens is 446 g/mol. The lowest BCUT2D eigenvalue weighted by atomic mass is 10.2. The molecule has 1 atom stereocenters. The minimum absolute atomic E-state index is 0.0134. The van der Waals surface area contributed by atoms with E-state index in [0.29, 0.717) is 34.7 Å². The van der Waals surface area contributed by atoms with Gasteiger partial charge in [-0.15, -0.1) is 0 Å². The van der Waals surface area contributed by atoms with Gasteiger partial charge in [0.1, 0.15) is 0 Å². The first kappa shape index (κ1) is 22.5. The third-order valence-electron chi connectivity index (χ3n) is 5.64. The third kappa shape index (κ3) is 4.59. The van der Waals surface area contributed by atoms with E-state index in [1.54, 1.807) is 27.7 Å². The monoisotopic (exact) mass is 471 g/mol. The highest BCUT2D eigenvalue weighted by molar-refractivity contribution is 7.99. The molecule has 0 radical (unpaired) electrons. The smallest absolute Gasteiger partial charge is 0.266 e. The molecule has 3 aromatic rings. The summed E-state index contributed by atoms with van der Waals surface area (Å²) in [7, 11) is -3.09. The molecule has 0 saturated carbocycles. The summed E-state index contributed by atoms with van der Waals surface area (Å²) in [5, 5.41) is 0.943. The molecule has 2 aromatic carbocycles. The van der Waals surface area contributed by atoms with Crippen LogP contribution < -0.4 is 5.56 Å². The average Bonchev–Trinajstić information content (AvgIpc) is 3.12. The zero-order chi connectivity index (χ0) is 22.9.